The van der Waals surface area contributed by atoms with Crippen LogP contribution in [0.25, 0.3) is 21.7 Å². The van der Waals surface area contributed by atoms with Crippen molar-refractivity contribution in [2.24, 2.45) is 5.41 Å². The van der Waals surface area contributed by atoms with Gasteiger partial charge in [0.15, 0.2) is 10.9 Å². The fraction of sp³-hybridized carbons (Fsp3) is 0.291. The van der Waals surface area contributed by atoms with Crippen molar-refractivity contribution in [2.45, 2.75) is 90.7 Å². The van der Waals surface area contributed by atoms with E-state index in [9.17, 15) is 42.4 Å². The van der Waals surface area contributed by atoms with Gasteiger partial charge in [-0.05, 0) is 111 Å². The van der Waals surface area contributed by atoms with Crippen LogP contribution >= 0.6 is 23.6 Å². The van der Waals surface area contributed by atoms with E-state index in [0.29, 0.717) is 35.5 Å². The number of rotatable bonds is 13. The van der Waals surface area contributed by atoms with Crippen molar-refractivity contribution in [3.8, 4) is 27.8 Å². The zero-order chi connectivity index (χ0) is 55.9. The molecule has 14 nitrogen and oxygen atoms in total. The van der Waals surface area contributed by atoms with Crippen LogP contribution in [-0.4, -0.2) is 73.7 Å². The number of likely N-dealkylation sites (tertiary alicyclic amines) is 1. The van der Waals surface area contributed by atoms with Crippen LogP contribution in [0.3, 0.4) is 0 Å². The fourth-order valence-electron chi connectivity index (χ4n) is 9.13. The number of benzene rings is 4. The highest BCUT2D eigenvalue weighted by molar-refractivity contribution is 7.81. The molecule has 3 N–H and O–H groups in total. The number of pyridine rings is 1. The molecule has 2 aromatic heterocycles. The number of thiazole rings is 1. The highest BCUT2D eigenvalue weighted by Gasteiger charge is 2.52. The van der Waals surface area contributed by atoms with Gasteiger partial charge in [0, 0.05) is 35.5 Å². The Morgan fingerprint density at radius 2 is 1.56 bits per heavy atom. The predicted molar refractivity (Wildman–Crippen MR) is 281 cm³/mol. The third kappa shape index (κ3) is 11.0. The van der Waals surface area contributed by atoms with Crippen LogP contribution in [0.1, 0.15) is 85.8 Å². The number of alkyl halides is 5. The first-order valence-corrected chi connectivity index (χ1v) is 25.3. The van der Waals surface area contributed by atoms with Crippen molar-refractivity contribution < 1.29 is 50.3 Å². The number of hydrogen-bond acceptors (Lipinski definition) is 10. The van der Waals surface area contributed by atoms with Gasteiger partial charge in [0.2, 0.25) is 11.8 Å². The van der Waals surface area contributed by atoms with Crippen molar-refractivity contribution >= 4 is 75.3 Å². The van der Waals surface area contributed by atoms with E-state index in [0.717, 1.165) is 58.1 Å². The number of nitriles is 1. The third-order valence-electron chi connectivity index (χ3n) is 13.3. The van der Waals surface area contributed by atoms with Crippen molar-refractivity contribution in [1.29, 1.82) is 5.26 Å². The van der Waals surface area contributed by atoms with E-state index in [1.54, 1.807) is 37.6 Å². The number of carbonyl (C=O) groups excluding carboxylic acids is 5. The molecular formula is C55H49F6N9O5S2. The number of nitrogens with zero attached hydrogens (tertiary/aromatic N) is 6. The maximum atomic E-state index is 15.7. The minimum absolute atomic E-state index is 0.000981. The number of nitrogens with one attached hydrogen (secondary N) is 3. The maximum Gasteiger partial charge on any atom is 0.420 e. The number of aromatic nitrogens is 2. The summed E-state index contributed by atoms with van der Waals surface area (Å²) in [5.74, 6) is -9.95. The minimum atomic E-state index is -5.25. The molecular weight excluding hydrogens is 1040 g/mol. The molecule has 0 saturated carbocycles. The lowest BCUT2D eigenvalue weighted by Crippen LogP contribution is -2.57. The summed E-state index contributed by atoms with van der Waals surface area (Å²) in [6, 6.07) is 21.7. The summed E-state index contributed by atoms with van der Waals surface area (Å²) in [7, 11) is 0. The average molecular weight is 1090 g/mol. The van der Waals surface area contributed by atoms with E-state index >= 15 is 13.2 Å². The Morgan fingerprint density at radius 3 is 2.14 bits per heavy atom. The van der Waals surface area contributed by atoms with Gasteiger partial charge < -0.3 is 25.8 Å². The molecule has 2 fully saturated rings. The van der Waals surface area contributed by atoms with Crippen LogP contribution in [0.5, 0.6) is 0 Å². The second-order valence-electron chi connectivity index (χ2n) is 20.0. The van der Waals surface area contributed by atoms with E-state index in [1.807, 2.05) is 31.2 Å². The van der Waals surface area contributed by atoms with E-state index in [2.05, 4.69) is 25.9 Å². The van der Waals surface area contributed by atoms with Crippen molar-refractivity contribution in [1.82, 2.24) is 25.5 Å². The lowest BCUT2D eigenvalue weighted by molar-refractivity contribution is -0.142. The quantitative estimate of drug-likeness (QED) is 0.0744. The zero-order valence-corrected chi connectivity index (χ0v) is 43.8. The monoisotopic (exact) mass is 1090 g/mol. The number of aryl methyl sites for hydroxylation is 1. The molecule has 4 aromatic carbocycles. The Hall–Kier alpha value is -8.03. The van der Waals surface area contributed by atoms with Crippen LogP contribution in [0.4, 0.5) is 43.4 Å². The molecule has 8 rings (SSSR count). The highest BCUT2D eigenvalue weighted by Crippen LogP contribution is 2.42. The van der Waals surface area contributed by atoms with Crippen LogP contribution in [0.15, 0.2) is 109 Å². The Bertz CT molecular complexity index is 3340. The Kier molecular flexibility index (Phi) is 15.2. The van der Waals surface area contributed by atoms with Gasteiger partial charge in [0.25, 0.3) is 17.7 Å². The predicted octanol–water partition coefficient (Wildman–Crippen LogP) is 10.3. The van der Waals surface area contributed by atoms with Crippen LogP contribution < -0.4 is 25.8 Å². The number of halogens is 6. The zero-order valence-electron chi connectivity index (χ0n) is 42.2. The molecule has 0 aliphatic carbocycles. The molecule has 0 bridgehead atoms. The van der Waals surface area contributed by atoms with E-state index in [1.165, 1.54) is 72.3 Å². The largest absolute Gasteiger partial charge is 0.420 e. The van der Waals surface area contributed by atoms with Gasteiger partial charge in [0.1, 0.15) is 23.2 Å². The Labute approximate surface area is 448 Å². The second-order valence-corrected chi connectivity index (χ2v) is 21.2. The summed E-state index contributed by atoms with van der Waals surface area (Å²) in [5, 5.41) is 16.7. The number of anilines is 3. The summed E-state index contributed by atoms with van der Waals surface area (Å²) in [4.78, 5) is 81.1. The SMILES string of the molecule is Cc1ncsc1-c1ccc(CNC(=O)[C@@H]2CCCN2C(=O)C(NC(=O)c2ccc(C(F)(F)C(=O)Nc3ccc(-c4ccc(N5C(=S)N(c6ccc(C#N)c(C(F)(F)F)c6F)C(=O)C5(C)C)cn4)cc3)cc2)C(C)(C)C)cc1. The molecule has 5 amide bonds. The maximum absolute atomic E-state index is 15.7. The fourth-order valence-corrected chi connectivity index (χ4v) is 10.5. The molecule has 2 aliphatic rings. The first kappa shape index (κ1) is 55.2. The summed E-state index contributed by atoms with van der Waals surface area (Å²) in [5.41, 5.74) is -1.08. The molecule has 2 saturated heterocycles. The van der Waals surface area contributed by atoms with E-state index in [4.69, 9.17) is 12.2 Å². The second kappa shape index (κ2) is 21.2. The molecule has 1 unspecified atom stereocenters. The molecule has 2 atom stereocenters. The molecule has 22 heteroatoms. The summed E-state index contributed by atoms with van der Waals surface area (Å²) >= 11 is 7.05. The van der Waals surface area contributed by atoms with Crippen molar-refractivity contribution in [2.75, 3.05) is 21.7 Å². The van der Waals surface area contributed by atoms with Crippen LogP contribution in [-0.2, 0) is 37.8 Å². The topological polar surface area (TPSA) is 181 Å². The van der Waals surface area contributed by atoms with Gasteiger partial charge in [-0.2, -0.15) is 27.2 Å². The molecule has 6 aromatic rings. The number of carbonyl (C=O) groups is 5. The van der Waals surface area contributed by atoms with Gasteiger partial charge >= 0.3 is 12.1 Å². The third-order valence-corrected chi connectivity index (χ3v) is 14.7. The van der Waals surface area contributed by atoms with E-state index < -0.39 is 87.0 Å². The first-order valence-electron chi connectivity index (χ1n) is 24.0. The summed E-state index contributed by atoms with van der Waals surface area (Å²) in [6.45, 7) is 10.6. The van der Waals surface area contributed by atoms with Crippen LogP contribution in [0, 0.1) is 29.5 Å². The van der Waals surface area contributed by atoms with Gasteiger partial charge in [-0.25, -0.2) is 9.37 Å². The average Bonchev–Trinajstić information content (AvgIpc) is 4.16. The number of thiocarbonyl (C=S) groups is 1. The molecule has 2 aliphatic heterocycles. The lowest BCUT2D eigenvalue weighted by atomic mass is 9.85. The summed E-state index contributed by atoms with van der Waals surface area (Å²) in [6.07, 6.45) is -2.93. The van der Waals surface area contributed by atoms with Crippen molar-refractivity contribution in [3.63, 3.8) is 0 Å². The molecule has 77 heavy (non-hydrogen) atoms. The van der Waals surface area contributed by atoms with Gasteiger partial charge in [-0.1, -0.05) is 69.3 Å². The first-order chi connectivity index (χ1) is 36.2. The number of hydrogen-bond donors (Lipinski definition) is 3. The normalized spacial score (nSPS) is 16.0. The van der Waals surface area contributed by atoms with Crippen LogP contribution in [0.2, 0.25) is 0 Å². The minimum Gasteiger partial charge on any atom is -0.350 e. The molecule has 0 spiro atoms. The smallest absolute Gasteiger partial charge is 0.350 e. The lowest BCUT2D eigenvalue weighted by Gasteiger charge is -2.35. The van der Waals surface area contributed by atoms with Gasteiger partial charge in [-0.3, -0.25) is 33.9 Å². The molecule has 398 valence electrons. The Morgan fingerprint density at radius 1 is 0.896 bits per heavy atom. The Balaban J connectivity index is 0.874. The molecule has 4 heterocycles. The van der Waals surface area contributed by atoms with Crippen molar-refractivity contribution in [3.05, 3.63) is 148 Å². The molecule has 0 radical (unpaired) electrons. The van der Waals surface area contributed by atoms with Gasteiger partial charge in [0.05, 0.1) is 51.0 Å². The highest BCUT2D eigenvalue weighted by atomic mass is 32.1. The van der Waals surface area contributed by atoms with Gasteiger partial charge in [-0.15, -0.1) is 11.3 Å². The summed E-state index contributed by atoms with van der Waals surface area (Å²) < 4.78 is 88.3. The standard InChI is InChI=1S/C55H49F6N9O5S2/c1-30-44(77-29-65-30)33-11-9-31(10-12-33)27-64-47(72)41-8-7-25-68(41)48(73)45(52(2,3)4)67-46(71)34-13-18-36(19-14-34)54(57,58)49(74)66-37-20-15-32(16-21-37)39-23-22-38(28-63-39)70-51(76)69(50(75)53(70,5)6)40-24-17-35(26-62)42(43(40)56)55(59,60)61/h9-24,28-29,41,45H,7-8,25,27H2,1-6H3,(H,64,72)(H,66,74)(H,67,71)/t41-,45?/m0/s1. The number of amides is 5. The van der Waals surface area contributed by atoms with E-state index in [-0.39, 0.29) is 34.5 Å².